The molecular formula is C18H20N2O3. The summed E-state index contributed by atoms with van der Waals surface area (Å²) in [6.45, 7) is 5.38. The lowest BCUT2D eigenvalue weighted by Gasteiger charge is -2.13. The Balaban J connectivity index is 2.25. The molecule has 0 aliphatic carbocycles. The van der Waals surface area contributed by atoms with Crippen LogP contribution in [0.1, 0.15) is 28.4 Å². The minimum Gasteiger partial charge on any atom is -0.495 e. The van der Waals surface area contributed by atoms with Crippen molar-refractivity contribution in [3.05, 3.63) is 53.1 Å². The zero-order valence-electron chi connectivity index (χ0n) is 13.7. The molecule has 2 aromatic carbocycles. The molecule has 0 aromatic heterocycles. The number of hydrogen-bond acceptors (Lipinski definition) is 3. The first-order valence-electron chi connectivity index (χ1n) is 7.25. The molecule has 0 heterocycles. The Labute approximate surface area is 135 Å². The molecule has 23 heavy (non-hydrogen) atoms. The van der Waals surface area contributed by atoms with E-state index >= 15 is 0 Å². The topological polar surface area (TPSA) is 67.4 Å². The van der Waals surface area contributed by atoms with Gasteiger partial charge in [0.1, 0.15) is 5.75 Å². The second-order valence-electron chi connectivity index (χ2n) is 5.35. The molecule has 0 saturated heterocycles. The standard InChI is InChI=1S/C18H20N2O3/c1-11-8-16(17(23-4)9-12(11)2)20-18(22)14-6-5-7-15(10-14)19-13(3)21/h5-10H,1-4H3,(H,19,21)(H,20,22). The summed E-state index contributed by atoms with van der Waals surface area (Å²) in [5.74, 6) is 0.164. The highest BCUT2D eigenvalue weighted by Gasteiger charge is 2.12. The van der Waals surface area contributed by atoms with Gasteiger partial charge >= 0.3 is 0 Å². The van der Waals surface area contributed by atoms with Crippen LogP contribution in [-0.2, 0) is 4.79 Å². The smallest absolute Gasteiger partial charge is 0.255 e. The Morgan fingerprint density at radius 3 is 2.35 bits per heavy atom. The van der Waals surface area contributed by atoms with Gasteiger partial charge in [0.25, 0.3) is 5.91 Å². The predicted molar refractivity (Wildman–Crippen MR) is 91.2 cm³/mol. The molecule has 0 fully saturated rings. The lowest BCUT2D eigenvalue weighted by atomic mass is 10.1. The molecule has 0 unspecified atom stereocenters. The normalized spacial score (nSPS) is 10.1. The minimum atomic E-state index is -0.265. The number of ether oxygens (including phenoxy) is 1. The van der Waals surface area contributed by atoms with Crippen LogP contribution in [-0.4, -0.2) is 18.9 Å². The summed E-state index contributed by atoms with van der Waals surface area (Å²) >= 11 is 0. The molecule has 2 N–H and O–H groups in total. The highest BCUT2D eigenvalue weighted by molar-refractivity contribution is 6.06. The summed E-state index contributed by atoms with van der Waals surface area (Å²) in [5.41, 5.74) is 3.81. The quantitative estimate of drug-likeness (QED) is 0.907. The van der Waals surface area contributed by atoms with E-state index in [1.165, 1.54) is 6.92 Å². The van der Waals surface area contributed by atoms with Crippen LogP contribution >= 0.6 is 0 Å². The molecule has 0 atom stereocenters. The second kappa shape index (κ2) is 6.96. The van der Waals surface area contributed by atoms with Gasteiger partial charge in [-0.05, 0) is 55.3 Å². The lowest BCUT2D eigenvalue weighted by molar-refractivity contribution is -0.114. The van der Waals surface area contributed by atoms with E-state index in [0.29, 0.717) is 22.7 Å². The molecule has 2 amide bonds. The van der Waals surface area contributed by atoms with Gasteiger partial charge in [0, 0.05) is 18.2 Å². The first kappa shape index (κ1) is 16.5. The van der Waals surface area contributed by atoms with Crippen molar-refractivity contribution in [3.63, 3.8) is 0 Å². The predicted octanol–water partition coefficient (Wildman–Crippen LogP) is 3.52. The van der Waals surface area contributed by atoms with Crippen molar-refractivity contribution in [2.75, 3.05) is 17.7 Å². The number of amides is 2. The van der Waals surface area contributed by atoms with E-state index in [9.17, 15) is 9.59 Å². The van der Waals surface area contributed by atoms with Crippen LogP contribution in [0.3, 0.4) is 0 Å². The Hall–Kier alpha value is -2.82. The SMILES string of the molecule is COc1cc(C)c(C)cc1NC(=O)c1cccc(NC(C)=O)c1. The van der Waals surface area contributed by atoms with E-state index in [0.717, 1.165) is 11.1 Å². The van der Waals surface area contributed by atoms with Crippen LogP contribution in [0.25, 0.3) is 0 Å². The number of carbonyl (C=O) groups is 2. The van der Waals surface area contributed by atoms with Crippen LogP contribution in [0.15, 0.2) is 36.4 Å². The molecule has 5 heteroatoms. The summed E-state index contributed by atoms with van der Waals surface area (Å²) in [6, 6.07) is 10.5. The van der Waals surface area contributed by atoms with E-state index in [2.05, 4.69) is 10.6 Å². The van der Waals surface area contributed by atoms with Gasteiger partial charge < -0.3 is 15.4 Å². The number of benzene rings is 2. The molecule has 2 rings (SSSR count). The molecule has 0 aliphatic heterocycles. The van der Waals surface area contributed by atoms with Gasteiger partial charge in [-0.15, -0.1) is 0 Å². The van der Waals surface area contributed by atoms with E-state index in [-0.39, 0.29) is 11.8 Å². The van der Waals surface area contributed by atoms with Crippen molar-refractivity contribution in [2.24, 2.45) is 0 Å². The van der Waals surface area contributed by atoms with E-state index in [1.807, 2.05) is 26.0 Å². The average Bonchev–Trinajstić information content (AvgIpc) is 2.50. The first-order chi connectivity index (χ1) is 10.9. The largest absolute Gasteiger partial charge is 0.495 e. The van der Waals surface area contributed by atoms with Crippen LogP contribution in [0.4, 0.5) is 11.4 Å². The summed E-state index contributed by atoms with van der Waals surface area (Å²) in [5, 5.41) is 5.51. The summed E-state index contributed by atoms with van der Waals surface area (Å²) in [6.07, 6.45) is 0. The van der Waals surface area contributed by atoms with Gasteiger partial charge in [0.05, 0.1) is 12.8 Å². The number of rotatable bonds is 4. The molecule has 5 nitrogen and oxygen atoms in total. The molecular weight excluding hydrogens is 292 g/mol. The Bertz CT molecular complexity index is 754. The van der Waals surface area contributed by atoms with Gasteiger partial charge in [0.2, 0.25) is 5.91 Å². The minimum absolute atomic E-state index is 0.182. The lowest BCUT2D eigenvalue weighted by Crippen LogP contribution is -2.14. The summed E-state index contributed by atoms with van der Waals surface area (Å²) < 4.78 is 5.32. The first-order valence-corrected chi connectivity index (χ1v) is 7.25. The fourth-order valence-electron chi connectivity index (χ4n) is 2.19. The second-order valence-corrected chi connectivity index (χ2v) is 5.35. The third-order valence-corrected chi connectivity index (χ3v) is 3.51. The van der Waals surface area contributed by atoms with E-state index in [4.69, 9.17) is 4.74 Å². The van der Waals surface area contributed by atoms with Gasteiger partial charge in [-0.25, -0.2) is 0 Å². The number of hydrogen-bond donors (Lipinski definition) is 2. The third kappa shape index (κ3) is 4.10. The van der Waals surface area contributed by atoms with Gasteiger partial charge in [0.15, 0.2) is 0 Å². The number of aryl methyl sites for hydroxylation is 2. The van der Waals surface area contributed by atoms with E-state index in [1.54, 1.807) is 31.4 Å². The van der Waals surface area contributed by atoms with Crippen molar-refractivity contribution < 1.29 is 14.3 Å². The fourth-order valence-corrected chi connectivity index (χ4v) is 2.19. The number of methoxy groups -OCH3 is 1. The van der Waals surface area contributed by atoms with Crippen LogP contribution in [0.5, 0.6) is 5.75 Å². The Morgan fingerprint density at radius 2 is 1.70 bits per heavy atom. The van der Waals surface area contributed by atoms with Crippen molar-refractivity contribution >= 4 is 23.2 Å². The molecule has 0 bridgehead atoms. The zero-order valence-corrected chi connectivity index (χ0v) is 13.7. The van der Waals surface area contributed by atoms with Gasteiger partial charge in [-0.2, -0.15) is 0 Å². The molecule has 0 spiro atoms. The van der Waals surface area contributed by atoms with Crippen LogP contribution < -0.4 is 15.4 Å². The highest BCUT2D eigenvalue weighted by Crippen LogP contribution is 2.28. The van der Waals surface area contributed by atoms with E-state index < -0.39 is 0 Å². The molecule has 120 valence electrons. The third-order valence-electron chi connectivity index (χ3n) is 3.51. The van der Waals surface area contributed by atoms with Gasteiger partial charge in [-0.3, -0.25) is 9.59 Å². The maximum Gasteiger partial charge on any atom is 0.255 e. The number of nitrogens with one attached hydrogen (secondary N) is 2. The highest BCUT2D eigenvalue weighted by atomic mass is 16.5. The Morgan fingerprint density at radius 1 is 1.00 bits per heavy atom. The summed E-state index contributed by atoms with van der Waals surface area (Å²) in [7, 11) is 1.57. The van der Waals surface area contributed by atoms with Crippen LogP contribution in [0.2, 0.25) is 0 Å². The molecule has 0 saturated carbocycles. The molecule has 0 aliphatic rings. The maximum absolute atomic E-state index is 12.4. The fraction of sp³-hybridized carbons (Fsp3) is 0.222. The Kier molecular flexibility index (Phi) is 5.01. The average molecular weight is 312 g/mol. The number of anilines is 2. The van der Waals surface area contributed by atoms with Gasteiger partial charge in [-0.1, -0.05) is 6.07 Å². The van der Waals surface area contributed by atoms with Crippen molar-refractivity contribution in [1.29, 1.82) is 0 Å². The zero-order chi connectivity index (χ0) is 17.0. The van der Waals surface area contributed by atoms with Crippen LogP contribution in [0, 0.1) is 13.8 Å². The molecule has 0 radical (unpaired) electrons. The van der Waals surface area contributed by atoms with Crippen molar-refractivity contribution in [1.82, 2.24) is 0 Å². The van der Waals surface area contributed by atoms with Crippen molar-refractivity contribution in [3.8, 4) is 5.75 Å². The summed E-state index contributed by atoms with van der Waals surface area (Å²) in [4.78, 5) is 23.5. The monoisotopic (exact) mass is 312 g/mol. The molecule has 2 aromatic rings. The number of carbonyl (C=O) groups excluding carboxylic acids is 2. The van der Waals surface area contributed by atoms with Crippen molar-refractivity contribution in [2.45, 2.75) is 20.8 Å². The maximum atomic E-state index is 12.4.